The van der Waals surface area contributed by atoms with E-state index in [0.717, 1.165) is 23.4 Å². The standard InChI is InChI=1S/C16H20ClNS/c1-12-8-9-13(11-15(12)17)16(18-2)7-3-5-14-6-4-10-19-14/h4,6,8-11,16,18H,3,5,7H2,1-2H3. The molecular weight excluding hydrogens is 274 g/mol. The minimum absolute atomic E-state index is 0.387. The van der Waals surface area contributed by atoms with Gasteiger partial charge in [0.2, 0.25) is 0 Å². The van der Waals surface area contributed by atoms with Gasteiger partial charge in [-0.15, -0.1) is 11.3 Å². The maximum Gasteiger partial charge on any atom is 0.0438 e. The molecule has 2 aromatic rings. The van der Waals surface area contributed by atoms with Crippen LogP contribution >= 0.6 is 22.9 Å². The van der Waals surface area contributed by atoms with Gasteiger partial charge in [0, 0.05) is 15.9 Å². The Labute approximate surface area is 124 Å². The highest BCUT2D eigenvalue weighted by Gasteiger charge is 2.10. The Hall–Kier alpha value is -0.830. The average molecular weight is 294 g/mol. The van der Waals surface area contributed by atoms with Crippen molar-refractivity contribution in [2.24, 2.45) is 0 Å². The van der Waals surface area contributed by atoms with E-state index in [1.165, 1.54) is 16.9 Å². The second-order valence-electron chi connectivity index (χ2n) is 4.82. The lowest BCUT2D eigenvalue weighted by atomic mass is 10.00. The predicted octanol–water partition coefficient (Wildman–Crippen LogP) is 4.99. The summed E-state index contributed by atoms with van der Waals surface area (Å²) in [6, 6.07) is 11.1. The summed E-state index contributed by atoms with van der Waals surface area (Å²) in [5, 5.41) is 6.39. The highest BCUT2D eigenvalue weighted by molar-refractivity contribution is 7.09. The SMILES string of the molecule is CNC(CCCc1cccs1)c1ccc(C)c(Cl)c1. The Balaban J connectivity index is 1.93. The summed E-state index contributed by atoms with van der Waals surface area (Å²) in [7, 11) is 2.02. The van der Waals surface area contributed by atoms with Gasteiger partial charge in [-0.25, -0.2) is 0 Å². The summed E-state index contributed by atoms with van der Waals surface area (Å²) >= 11 is 8.04. The smallest absolute Gasteiger partial charge is 0.0438 e. The minimum Gasteiger partial charge on any atom is -0.313 e. The second-order valence-corrected chi connectivity index (χ2v) is 6.26. The van der Waals surface area contributed by atoms with Crippen molar-refractivity contribution < 1.29 is 0 Å². The Bertz CT molecular complexity index is 507. The van der Waals surface area contributed by atoms with Crippen LogP contribution in [0.4, 0.5) is 0 Å². The summed E-state index contributed by atoms with van der Waals surface area (Å²) < 4.78 is 0. The summed E-state index contributed by atoms with van der Waals surface area (Å²) in [5.41, 5.74) is 2.42. The fourth-order valence-corrected chi connectivity index (χ4v) is 3.18. The molecule has 1 nitrogen and oxygen atoms in total. The third-order valence-electron chi connectivity index (χ3n) is 3.44. The van der Waals surface area contributed by atoms with Crippen molar-refractivity contribution in [3.05, 3.63) is 56.7 Å². The Morgan fingerprint density at radius 1 is 1.32 bits per heavy atom. The van der Waals surface area contributed by atoms with E-state index < -0.39 is 0 Å². The van der Waals surface area contributed by atoms with Crippen molar-refractivity contribution in [2.75, 3.05) is 7.05 Å². The van der Waals surface area contributed by atoms with Gasteiger partial charge in [-0.3, -0.25) is 0 Å². The highest BCUT2D eigenvalue weighted by atomic mass is 35.5. The summed E-state index contributed by atoms with van der Waals surface area (Å²) in [5.74, 6) is 0. The molecule has 2 rings (SSSR count). The normalized spacial score (nSPS) is 12.6. The number of benzene rings is 1. The number of hydrogen-bond donors (Lipinski definition) is 1. The third kappa shape index (κ3) is 4.07. The van der Waals surface area contributed by atoms with E-state index in [-0.39, 0.29) is 0 Å². The number of rotatable bonds is 6. The molecule has 0 fully saturated rings. The monoisotopic (exact) mass is 293 g/mol. The molecule has 1 heterocycles. The molecule has 1 N–H and O–H groups in total. The predicted molar refractivity (Wildman–Crippen MR) is 85.2 cm³/mol. The maximum atomic E-state index is 6.20. The van der Waals surface area contributed by atoms with Gasteiger partial charge in [0.15, 0.2) is 0 Å². The van der Waals surface area contributed by atoms with Gasteiger partial charge in [0.05, 0.1) is 0 Å². The Morgan fingerprint density at radius 2 is 2.16 bits per heavy atom. The van der Waals surface area contributed by atoms with Gasteiger partial charge in [-0.2, -0.15) is 0 Å². The average Bonchev–Trinajstić information content (AvgIpc) is 2.91. The fraction of sp³-hybridized carbons (Fsp3) is 0.375. The van der Waals surface area contributed by atoms with Gasteiger partial charge < -0.3 is 5.32 Å². The number of hydrogen-bond acceptors (Lipinski definition) is 2. The third-order valence-corrected chi connectivity index (χ3v) is 4.79. The van der Waals surface area contributed by atoms with Gasteiger partial charge in [-0.05, 0) is 61.9 Å². The molecule has 1 aromatic heterocycles. The summed E-state index contributed by atoms with van der Waals surface area (Å²) in [4.78, 5) is 1.47. The van der Waals surface area contributed by atoms with Crippen LogP contribution in [0.25, 0.3) is 0 Å². The zero-order valence-corrected chi connectivity index (χ0v) is 13.0. The molecule has 0 aliphatic heterocycles. The van der Waals surface area contributed by atoms with Crippen molar-refractivity contribution in [2.45, 2.75) is 32.2 Å². The first-order chi connectivity index (χ1) is 9.20. The van der Waals surface area contributed by atoms with Crippen LogP contribution in [0.5, 0.6) is 0 Å². The Morgan fingerprint density at radius 3 is 2.79 bits per heavy atom. The van der Waals surface area contributed by atoms with Crippen molar-refractivity contribution in [3.63, 3.8) is 0 Å². The molecule has 3 heteroatoms. The van der Waals surface area contributed by atoms with Crippen LogP contribution in [-0.2, 0) is 6.42 Å². The van der Waals surface area contributed by atoms with E-state index in [4.69, 9.17) is 11.6 Å². The van der Waals surface area contributed by atoms with Gasteiger partial charge >= 0.3 is 0 Å². The van der Waals surface area contributed by atoms with Crippen LogP contribution in [0.1, 0.15) is 34.9 Å². The lowest BCUT2D eigenvalue weighted by Crippen LogP contribution is -2.16. The molecule has 0 aliphatic carbocycles. The maximum absolute atomic E-state index is 6.20. The first-order valence-electron chi connectivity index (χ1n) is 6.66. The molecule has 0 amide bonds. The Kier molecular flexibility index (Phi) is 5.44. The van der Waals surface area contributed by atoms with Crippen LogP contribution in [-0.4, -0.2) is 7.05 Å². The zero-order chi connectivity index (χ0) is 13.7. The lowest BCUT2D eigenvalue weighted by Gasteiger charge is -2.17. The first kappa shape index (κ1) is 14.6. The number of aryl methyl sites for hydroxylation is 2. The van der Waals surface area contributed by atoms with Crippen LogP contribution in [0.15, 0.2) is 35.7 Å². The molecule has 0 aliphatic rings. The molecule has 0 spiro atoms. The van der Waals surface area contributed by atoms with Crippen LogP contribution < -0.4 is 5.32 Å². The second kappa shape index (κ2) is 7.09. The molecular formula is C16H20ClNS. The van der Waals surface area contributed by atoms with Gasteiger partial charge in [0.1, 0.15) is 0 Å². The molecule has 102 valence electrons. The van der Waals surface area contributed by atoms with Crippen LogP contribution in [0.3, 0.4) is 0 Å². The van der Waals surface area contributed by atoms with E-state index >= 15 is 0 Å². The number of nitrogens with one attached hydrogen (secondary N) is 1. The fourth-order valence-electron chi connectivity index (χ4n) is 2.24. The van der Waals surface area contributed by atoms with Crippen molar-refractivity contribution in [1.29, 1.82) is 0 Å². The highest BCUT2D eigenvalue weighted by Crippen LogP contribution is 2.25. The largest absolute Gasteiger partial charge is 0.313 e. The van der Waals surface area contributed by atoms with Crippen LogP contribution in [0.2, 0.25) is 5.02 Å². The topological polar surface area (TPSA) is 12.0 Å². The van der Waals surface area contributed by atoms with Gasteiger partial charge in [-0.1, -0.05) is 29.8 Å². The van der Waals surface area contributed by atoms with E-state index in [0.29, 0.717) is 6.04 Å². The zero-order valence-electron chi connectivity index (χ0n) is 11.4. The molecule has 19 heavy (non-hydrogen) atoms. The van der Waals surface area contributed by atoms with Crippen LogP contribution in [0, 0.1) is 6.92 Å². The first-order valence-corrected chi connectivity index (χ1v) is 7.92. The number of halogens is 1. The van der Waals surface area contributed by atoms with E-state index in [1.54, 1.807) is 0 Å². The van der Waals surface area contributed by atoms with E-state index in [1.807, 2.05) is 25.3 Å². The molecule has 1 aromatic carbocycles. The molecule has 0 bridgehead atoms. The molecule has 1 atom stereocenters. The molecule has 1 unspecified atom stereocenters. The van der Waals surface area contributed by atoms with Crippen molar-refractivity contribution >= 4 is 22.9 Å². The molecule has 0 radical (unpaired) electrons. The summed E-state index contributed by atoms with van der Waals surface area (Å²) in [6.45, 7) is 2.04. The van der Waals surface area contributed by atoms with Crippen molar-refractivity contribution in [1.82, 2.24) is 5.32 Å². The van der Waals surface area contributed by atoms with Crippen molar-refractivity contribution in [3.8, 4) is 0 Å². The summed E-state index contributed by atoms with van der Waals surface area (Å²) in [6.07, 6.45) is 3.49. The van der Waals surface area contributed by atoms with E-state index in [9.17, 15) is 0 Å². The minimum atomic E-state index is 0.387. The quantitative estimate of drug-likeness (QED) is 0.791. The molecule has 0 saturated heterocycles. The molecule has 0 saturated carbocycles. The lowest BCUT2D eigenvalue weighted by molar-refractivity contribution is 0.528. The van der Waals surface area contributed by atoms with Gasteiger partial charge in [0.25, 0.3) is 0 Å². The van der Waals surface area contributed by atoms with E-state index in [2.05, 4.69) is 41.0 Å². The number of thiophene rings is 1.